The second-order valence-electron chi connectivity index (χ2n) is 5.39. The molecule has 0 saturated carbocycles. The highest BCUT2D eigenvalue weighted by Gasteiger charge is 2.29. The van der Waals surface area contributed by atoms with Crippen LogP contribution in [0.15, 0.2) is 0 Å². The van der Waals surface area contributed by atoms with E-state index in [0.717, 1.165) is 13.8 Å². The number of hydrogen-bond acceptors (Lipinski definition) is 13. The Morgan fingerprint density at radius 1 is 0.844 bits per heavy atom. The Kier molecular flexibility index (Phi) is 25.8. The first-order valence-corrected chi connectivity index (χ1v) is 8.48. The van der Waals surface area contributed by atoms with Gasteiger partial charge >= 0.3 is 17.9 Å². The number of Topliss-reactive ketones (excluding diaryl/α,β-unsaturated/α-hetero) is 1. The van der Waals surface area contributed by atoms with E-state index in [1.807, 2.05) is 0 Å². The third-order valence-corrected chi connectivity index (χ3v) is 2.66. The van der Waals surface area contributed by atoms with E-state index in [-0.39, 0.29) is 19.1 Å². The Bertz CT molecular complexity index is 570. The average molecular weight is 474 g/mol. The zero-order valence-corrected chi connectivity index (χ0v) is 17.9. The van der Waals surface area contributed by atoms with E-state index in [2.05, 4.69) is 9.47 Å². The number of carbonyl (C=O) groups excluding carboxylic acids is 4. The van der Waals surface area contributed by atoms with E-state index in [0.29, 0.717) is 0 Å². The minimum absolute atomic E-state index is 0.0258. The van der Waals surface area contributed by atoms with Crippen molar-refractivity contribution >= 4 is 35.9 Å². The maximum atomic E-state index is 10.2. The number of hydrogen-bond donors (Lipinski definition) is 7. The van der Waals surface area contributed by atoms with Crippen LogP contribution in [-0.4, -0.2) is 117 Å². The zero-order chi connectivity index (χ0) is 26.4. The van der Waals surface area contributed by atoms with Gasteiger partial charge in [-0.3, -0.25) is 19.2 Å². The normalized spacial score (nSPS) is 12.8. The lowest BCUT2D eigenvalue weighted by atomic mass is 10.0. The van der Waals surface area contributed by atoms with Crippen molar-refractivity contribution in [1.82, 2.24) is 0 Å². The smallest absolute Gasteiger partial charge is 0.374 e. The summed E-state index contributed by atoms with van der Waals surface area (Å²) in [5.74, 6) is -3.67. The van der Waals surface area contributed by atoms with Gasteiger partial charge in [0.1, 0.15) is 24.4 Å². The van der Waals surface area contributed by atoms with Gasteiger partial charge in [0.05, 0.1) is 33.7 Å². The lowest BCUT2D eigenvalue weighted by Crippen LogP contribution is -2.46. The van der Waals surface area contributed by atoms with Crippen molar-refractivity contribution in [2.24, 2.45) is 0 Å². The number of ketones is 1. The Hall–Kier alpha value is -2.98. The maximum absolute atomic E-state index is 10.2. The molecule has 0 aliphatic carbocycles. The number of aliphatic hydroxyl groups excluding tert-OH is 5. The number of ether oxygens (including phenoxy) is 2. The van der Waals surface area contributed by atoms with Crippen LogP contribution >= 0.6 is 0 Å². The lowest BCUT2D eigenvalue weighted by molar-refractivity contribution is -0.150. The molecule has 0 spiro atoms. The van der Waals surface area contributed by atoms with Gasteiger partial charge in [-0.05, 0) is 0 Å². The van der Waals surface area contributed by atoms with Gasteiger partial charge in [-0.1, -0.05) is 0 Å². The Morgan fingerprint density at radius 3 is 1.50 bits per heavy atom. The van der Waals surface area contributed by atoms with Crippen molar-refractivity contribution in [1.29, 1.82) is 0 Å². The minimum atomic E-state index is -1.79. The van der Waals surface area contributed by atoms with Crippen LogP contribution in [0.25, 0.3) is 0 Å². The second kappa shape index (κ2) is 22.7. The molecular formula is C17H30O15. The molecule has 0 aliphatic rings. The molecule has 0 bridgehead atoms. The van der Waals surface area contributed by atoms with E-state index >= 15 is 0 Å². The molecule has 0 aromatic heterocycles. The van der Waals surface area contributed by atoms with Gasteiger partial charge in [-0.2, -0.15) is 0 Å². The summed E-state index contributed by atoms with van der Waals surface area (Å²) in [6.07, 6.45) is -7.05. The lowest BCUT2D eigenvalue weighted by Gasteiger charge is -2.22. The molecule has 0 saturated heterocycles. The molecule has 7 N–H and O–H groups in total. The Labute approximate surface area is 182 Å². The topological polar surface area (TPSA) is 262 Å². The highest BCUT2D eigenvalue weighted by molar-refractivity contribution is 6.32. The van der Waals surface area contributed by atoms with E-state index in [1.54, 1.807) is 0 Å². The molecule has 32 heavy (non-hydrogen) atoms. The molecule has 0 aliphatic heterocycles. The van der Waals surface area contributed by atoms with E-state index in [1.165, 1.54) is 14.2 Å². The molecule has 4 atom stereocenters. The number of aliphatic hydroxyl groups is 5. The van der Waals surface area contributed by atoms with Crippen LogP contribution in [0, 0.1) is 0 Å². The molecule has 0 fully saturated rings. The first-order chi connectivity index (χ1) is 14.6. The number of methoxy groups -OCH3 is 2. The summed E-state index contributed by atoms with van der Waals surface area (Å²) in [5.41, 5.74) is 0. The van der Waals surface area contributed by atoms with Crippen LogP contribution in [-0.2, 0) is 38.2 Å². The summed E-state index contributed by atoms with van der Waals surface area (Å²) < 4.78 is 8.22. The van der Waals surface area contributed by atoms with E-state index in [4.69, 9.17) is 40.5 Å². The number of aldehydes is 1. The van der Waals surface area contributed by atoms with E-state index in [9.17, 15) is 24.0 Å². The molecule has 15 heteroatoms. The quantitative estimate of drug-likeness (QED) is 0.0970. The predicted octanol–water partition coefficient (Wildman–Crippen LogP) is -3.52. The summed E-state index contributed by atoms with van der Waals surface area (Å²) in [4.78, 5) is 58.8. The predicted molar refractivity (Wildman–Crippen MR) is 102 cm³/mol. The fourth-order valence-electron chi connectivity index (χ4n) is 1.07. The first-order valence-electron chi connectivity index (χ1n) is 8.48. The summed E-state index contributed by atoms with van der Waals surface area (Å²) in [5, 5.41) is 59.0. The maximum Gasteiger partial charge on any atom is 0.374 e. The SMILES string of the molecule is CC(=O)O.COC(=O)C(C)=O.COC(=O)CCC(=O)O.O=CC(O)C(O)C(O)C(O)CO. The van der Waals surface area contributed by atoms with Crippen LogP contribution in [0.3, 0.4) is 0 Å². The van der Waals surface area contributed by atoms with Gasteiger partial charge in [-0.15, -0.1) is 0 Å². The average Bonchev–Trinajstić information content (AvgIpc) is 2.74. The molecule has 0 radical (unpaired) electrons. The highest BCUT2D eigenvalue weighted by Crippen LogP contribution is 2.02. The summed E-state index contributed by atoms with van der Waals surface area (Å²) in [6, 6.07) is 0. The van der Waals surface area contributed by atoms with Crippen LogP contribution in [0.4, 0.5) is 0 Å². The molecule has 4 unspecified atom stereocenters. The van der Waals surface area contributed by atoms with Gasteiger partial charge in [0, 0.05) is 13.8 Å². The first kappa shape index (κ1) is 36.4. The van der Waals surface area contributed by atoms with Crippen molar-refractivity contribution in [2.75, 3.05) is 20.8 Å². The fourth-order valence-corrected chi connectivity index (χ4v) is 1.07. The molecule has 0 amide bonds. The molecule has 188 valence electrons. The van der Waals surface area contributed by atoms with Crippen LogP contribution < -0.4 is 0 Å². The minimum Gasteiger partial charge on any atom is -0.481 e. The number of rotatable bonds is 9. The zero-order valence-electron chi connectivity index (χ0n) is 17.9. The van der Waals surface area contributed by atoms with Gasteiger partial charge in [0.2, 0.25) is 5.78 Å². The number of carboxylic acid groups (broad SMARTS) is 2. The van der Waals surface area contributed by atoms with Gasteiger partial charge < -0.3 is 50.0 Å². The van der Waals surface area contributed by atoms with Crippen LogP contribution in [0.1, 0.15) is 26.7 Å². The summed E-state index contributed by atoms with van der Waals surface area (Å²) in [7, 11) is 2.40. The van der Waals surface area contributed by atoms with Gasteiger partial charge in [-0.25, -0.2) is 4.79 Å². The second-order valence-corrected chi connectivity index (χ2v) is 5.39. The third kappa shape index (κ3) is 27.0. The number of carboxylic acids is 2. The van der Waals surface area contributed by atoms with Crippen molar-refractivity contribution in [3.63, 3.8) is 0 Å². The number of esters is 2. The molecule has 0 heterocycles. The molecular weight excluding hydrogens is 444 g/mol. The monoisotopic (exact) mass is 474 g/mol. The van der Waals surface area contributed by atoms with Crippen LogP contribution in [0.5, 0.6) is 0 Å². The molecule has 0 rings (SSSR count). The number of aliphatic carboxylic acids is 2. The number of carbonyl (C=O) groups is 6. The Morgan fingerprint density at radius 2 is 1.28 bits per heavy atom. The third-order valence-electron chi connectivity index (χ3n) is 2.66. The standard InChI is InChI=1S/C6H12O6.C5H8O4.C4H6O3.C2H4O2/c7-1-3(9)5(11)6(12)4(10)2-8;1-9-5(8)3-2-4(6)7;1-3(5)4(6)7-2;1-2(3)4/h1,3-6,8-12H,2H2;2-3H2,1H3,(H,6,7);1-2H3;1H3,(H,3,4). The van der Waals surface area contributed by atoms with Gasteiger partial charge in [0.15, 0.2) is 6.29 Å². The Balaban J connectivity index is -0.000000174. The van der Waals surface area contributed by atoms with Crippen LogP contribution in [0.2, 0.25) is 0 Å². The largest absolute Gasteiger partial charge is 0.481 e. The molecule has 0 aromatic carbocycles. The highest BCUT2D eigenvalue weighted by atomic mass is 16.5. The van der Waals surface area contributed by atoms with Crippen molar-refractivity contribution in [3.05, 3.63) is 0 Å². The van der Waals surface area contributed by atoms with Crippen molar-refractivity contribution in [3.8, 4) is 0 Å². The molecule has 0 aromatic rings. The summed E-state index contributed by atoms with van der Waals surface area (Å²) >= 11 is 0. The summed E-state index contributed by atoms with van der Waals surface area (Å²) in [6.45, 7) is 1.48. The van der Waals surface area contributed by atoms with E-state index < -0.39 is 60.7 Å². The van der Waals surface area contributed by atoms with Gasteiger partial charge in [0.25, 0.3) is 5.97 Å². The fraction of sp³-hybridized carbons (Fsp3) is 0.647. The van der Waals surface area contributed by atoms with Crippen molar-refractivity contribution in [2.45, 2.75) is 51.1 Å². The molecule has 15 nitrogen and oxygen atoms in total. The van der Waals surface area contributed by atoms with Crippen molar-refractivity contribution < 1.29 is 74.0 Å².